The average Bonchev–Trinajstić information content (AvgIpc) is 3.12. The number of carboxylic acid groups (broad SMARTS) is 1. The van der Waals surface area contributed by atoms with Crippen LogP contribution in [0.25, 0.3) is 0 Å². The molecule has 7 nitrogen and oxygen atoms in total. The Bertz CT molecular complexity index is 474. The number of rotatable bonds is 6. The van der Waals surface area contributed by atoms with Crippen LogP contribution in [0.15, 0.2) is 22.8 Å². The highest BCUT2D eigenvalue weighted by atomic mass is 16.5. The molecule has 0 bridgehead atoms. The number of aliphatic carboxylic acids is 1. The number of hydrogen-bond donors (Lipinski definition) is 2. The topological polar surface area (TPSA) is 92.0 Å². The molecular formula is C14H20N2O5. The van der Waals surface area contributed by atoms with Crippen molar-refractivity contribution in [1.82, 2.24) is 10.2 Å². The molecule has 7 heteroatoms. The standard InChI is InChI=1S/C14H20N2O5/c1-2-5-16(12-9-20-8-11(12)13(17)18)14(19)15-7-10-4-3-6-21-10/h3-4,6,11-12H,2,5,7-9H2,1H3,(H,15,19)(H,17,18). The summed E-state index contributed by atoms with van der Waals surface area (Å²) in [5.41, 5.74) is 0. The van der Waals surface area contributed by atoms with Gasteiger partial charge >= 0.3 is 12.0 Å². The minimum absolute atomic E-state index is 0.145. The molecule has 1 fully saturated rings. The van der Waals surface area contributed by atoms with Crippen LogP contribution in [0.4, 0.5) is 4.79 Å². The lowest BCUT2D eigenvalue weighted by atomic mass is 10.0. The van der Waals surface area contributed by atoms with E-state index in [-0.39, 0.29) is 25.8 Å². The maximum absolute atomic E-state index is 12.3. The second-order valence-corrected chi connectivity index (χ2v) is 4.98. The van der Waals surface area contributed by atoms with E-state index in [1.54, 1.807) is 17.0 Å². The molecule has 0 aliphatic carbocycles. The maximum atomic E-state index is 12.3. The summed E-state index contributed by atoms with van der Waals surface area (Å²) in [6, 6.07) is 2.79. The van der Waals surface area contributed by atoms with Crippen LogP contribution in [-0.4, -0.2) is 47.8 Å². The molecule has 0 aromatic carbocycles. The molecule has 2 rings (SSSR count). The van der Waals surface area contributed by atoms with Crippen LogP contribution < -0.4 is 5.32 Å². The second-order valence-electron chi connectivity index (χ2n) is 4.98. The van der Waals surface area contributed by atoms with Crippen molar-refractivity contribution in [3.8, 4) is 0 Å². The van der Waals surface area contributed by atoms with Gasteiger partial charge in [0, 0.05) is 6.54 Å². The summed E-state index contributed by atoms with van der Waals surface area (Å²) in [7, 11) is 0. The van der Waals surface area contributed by atoms with E-state index in [0.717, 1.165) is 6.42 Å². The number of amides is 2. The van der Waals surface area contributed by atoms with Crippen LogP contribution >= 0.6 is 0 Å². The Morgan fingerprint density at radius 2 is 2.29 bits per heavy atom. The van der Waals surface area contributed by atoms with Crippen LogP contribution in [0.5, 0.6) is 0 Å². The van der Waals surface area contributed by atoms with Crippen molar-refractivity contribution in [2.75, 3.05) is 19.8 Å². The summed E-state index contributed by atoms with van der Waals surface area (Å²) in [4.78, 5) is 25.1. The number of nitrogens with zero attached hydrogens (tertiary/aromatic N) is 1. The quantitative estimate of drug-likeness (QED) is 0.825. The fourth-order valence-electron chi connectivity index (χ4n) is 2.42. The third-order valence-electron chi connectivity index (χ3n) is 3.49. The van der Waals surface area contributed by atoms with Gasteiger partial charge in [0.15, 0.2) is 0 Å². The van der Waals surface area contributed by atoms with Crippen molar-refractivity contribution in [2.45, 2.75) is 25.9 Å². The first-order chi connectivity index (χ1) is 10.1. The van der Waals surface area contributed by atoms with E-state index in [0.29, 0.717) is 12.3 Å². The van der Waals surface area contributed by atoms with Gasteiger partial charge in [-0.1, -0.05) is 6.92 Å². The van der Waals surface area contributed by atoms with E-state index in [9.17, 15) is 14.7 Å². The highest BCUT2D eigenvalue weighted by Crippen LogP contribution is 2.20. The highest BCUT2D eigenvalue weighted by Gasteiger charge is 2.39. The van der Waals surface area contributed by atoms with Crippen molar-refractivity contribution in [3.05, 3.63) is 24.2 Å². The molecule has 1 saturated heterocycles. The van der Waals surface area contributed by atoms with Crippen molar-refractivity contribution in [1.29, 1.82) is 0 Å². The molecule has 1 aromatic rings. The lowest BCUT2D eigenvalue weighted by Gasteiger charge is -2.30. The Morgan fingerprint density at radius 1 is 1.48 bits per heavy atom. The third-order valence-corrected chi connectivity index (χ3v) is 3.49. The molecule has 0 radical (unpaired) electrons. The first-order valence-corrected chi connectivity index (χ1v) is 7.01. The number of ether oxygens (including phenoxy) is 1. The predicted molar refractivity (Wildman–Crippen MR) is 73.7 cm³/mol. The molecule has 1 aromatic heterocycles. The van der Waals surface area contributed by atoms with Gasteiger partial charge in [-0.05, 0) is 18.6 Å². The first kappa shape index (κ1) is 15.4. The number of furan rings is 1. The molecule has 116 valence electrons. The number of carboxylic acids is 1. The normalized spacial score (nSPS) is 21.2. The van der Waals surface area contributed by atoms with Gasteiger partial charge in [0.1, 0.15) is 11.7 Å². The minimum atomic E-state index is -0.933. The van der Waals surface area contributed by atoms with Gasteiger partial charge in [-0.2, -0.15) is 0 Å². The highest BCUT2D eigenvalue weighted by molar-refractivity contribution is 5.77. The van der Waals surface area contributed by atoms with Crippen molar-refractivity contribution >= 4 is 12.0 Å². The Balaban J connectivity index is 1.99. The van der Waals surface area contributed by atoms with Crippen molar-refractivity contribution < 1.29 is 23.8 Å². The number of carbonyl (C=O) groups is 2. The molecular weight excluding hydrogens is 276 g/mol. The van der Waals surface area contributed by atoms with Gasteiger partial charge in [0.05, 0.1) is 32.1 Å². The summed E-state index contributed by atoms with van der Waals surface area (Å²) in [6.45, 7) is 3.11. The molecule has 2 atom stereocenters. The summed E-state index contributed by atoms with van der Waals surface area (Å²) in [5, 5.41) is 12.0. The summed E-state index contributed by atoms with van der Waals surface area (Å²) < 4.78 is 10.4. The smallest absolute Gasteiger partial charge is 0.318 e. The monoisotopic (exact) mass is 296 g/mol. The van der Waals surface area contributed by atoms with Gasteiger partial charge in [-0.3, -0.25) is 4.79 Å². The fraction of sp³-hybridized carbons (Fsp3) is 0.571. The first-order valence-electron chi connectivity index (χ1n) is 7.01. The Labute approximate surface area is 122 Å². The SMILES string of the molecule is CCCN(C(=O)NCc1ccco1)C1COCC1C(=O)O. The van der Waals surface area contributed by atoms with Gasteiger partial charge in [-0.15, -0.1) is 0 Å². The van der Waals surface area contributed by atoms with Gasteiger partial charge in [-0.25, -0.2) is 4.79 Å². The number of hydrogen-bond acceptors (Lipinski definition) is 4. The molecule has 2 unspecified atom stereocenters. The summed E-state index contributed by atoms with van der Waals surface area (Å²) in [6.07, 6.45) is 2.29. The third kappa shape index (κ3) is 3.75. The zero-order valence-electron chi connectivity index (χ0n) is 11.9. The maximum Gasteiger partial charge on any atom is 0.318 e. The van der Waals surface area contributed by atoms with Crippen LogP contribution in [0.1, 0.15) is 19.1 Å². The fourth-order valence-corrected chi connectivity index (χ4v) is 2.42. The summed E-state index contributed by atoms with van der Waals surface area (Å²) >= 11 is 0. The van der Waals surface area contributed by atoms with E-state index >= 15 is 0 Å². The van der Waals surface area contributed by atoms with Crippen LogP contribution in [0, 0.1) is 5.92 Å². The van der Waals surface area contributed by atoms with Gasteiger partial charge in [0.2, 0.25) is 0 Å². The predicted octanol–water partition coefficient (Wildman–Crippen LogP) is 1.30. The molecule has 0 spiro atoms. The lowest BCUT2D eigenvalue weighted by Crippen LogP contribution is -2.50. The number of urea groups is 1. The van der Waals surface area contributed by atoms with E-state index in [2.05, 4.69) is 5.32 Å². The second kappa shape index (κ2) is 7.12. The zero-order valence-corrected chi connectivity index (χ0v) is 11.9. The average molecular weight is 296 g/mol. The van der Waals surface area contributed by atoms with Gasteiger partial charge < -0.3 is 24.5 Å². The summed E-state index contributed by atoms with van der Waals surface area (Å²) in [5.74, 6) is -0.958. The van der Waals surface area contributed by atoms with Crippen molar-refractivity contribution in [2.24, 2.45) is 5.92 Å². The van der Waals surface area contributed by atoms with E-state index in [1.807, 2.05) is 6.92 Å². The molecule has 21 heavy (non-hydrogen) atoms. The Kier molecular flexibility index (Phi) is 5.21. The minimum Gasteiger partial charge on any atom is -0.481 e. The number of carbonyl (C=O) groups excluding carboxylic acids is 1. The molecule has 2 N–H and O–H groups in total. The largest absolute Gasteiger partial charge is 0.481 e. The van der Waals surface area contributed by atoms with Crippen LogP contribution in [0.3, 0.4) is 0 Å². The Hall–Kier alpha value is -2.02. The molecule has 1 aliphatic heterocycles. The van der Waals surface area contributed by atoms with Crippen LogP contribution in [-0.2, 0) is 16.1 Å². The molecule has 2 heterocycles. The molecule has 0 saturated carbocycles. The van der Waals surface area contributed by atoms with E-state index < -0.39 is 17.9 Å². The van der Waals surface area contributed by atoms with Gasteiger partial charge in [0.25, 0.3) is 0 Å². The Morgan fingerprint density at radius 3 is 2.90 bits per heavy atom. The lowest BCUT2D eigenvalue weighted by molar-refractivity contribution is -0.142. The van der Waals surface area contributed by atoms with E-state index in [4.69, 9.17) is 9.15 Å². The van der Waals surface area contributed by atoms with Crippen LogP contribution in [0.2, 0.25) is 0 Å². The number of nitrogens with one attached hydrogen (secondary N) is 1. The van der Waals surface area contributed by atoms with E-state index in [1.165, 1.54) is 6.26 Å². The molecule has 1 aliphatic rings. The zero-order chi connectivity index (χ0) is 15.2. The molecule has 2 amide bonds. The van der Waals surface area contributed by atoms with Crippen molar-refractivity contribution in [3.63, 3.8) is 0 Å².